The summed E-state index contributed by atoms with van der Waals surface area (Å²) >= 11 is 0. The van der Waals surface area contributed by atoms with E-state index in [0.29, 0.717) is 22.5 Å². The molecule has 0 aliphatic carbocycles. The molecule has 2 aromatic carbocycles. The second kappa shape index (κ2) is 9.62. The molecule has 1 fully saturated rings. The summed E-state index contributed by atoms with van der Waals surface area (Å²) in [5.41, 5.74) is 3.03. The predicted octanol–water partition coefficient (Wildman–Crippen LogP) is 4.74. The topological polar surface area (TPSA) is 91.4 Å². The monoisotopic (exact) mass is 464 g/mol. The highest BCUT2D eigenvalue weighted by molar-refractivity contribution is 7.92. The third-order valence-corrected chi connectivity index (χ3v) is 7.10. The molecule has 1 amide bonds. The molecule has 0 spiro atoms. The highest BCUT2D eigenvalue weighted by Gasteiger charge is 2.21. The number of nitrogens with zero attached hydrogens (tertiary/aromatic N) is 2. The van der Waals surface area contributed by atoms with Crippen LogP contribution in [0.2, 0.25) is 0 Å². The highest BCUT2D eigenvalue weighted by atomic mass is 32.2. The molecule has 1 aromatic heterocycles. The van der Waals surface area contributed by atoms with Gasteiger partial charge in [0.15, 0.2) is 5.82 Å². The van der Waals surface area contributed by atoms with Gasteiger partial charge in [-0.3, -0.25) is 9.52 Å². The first kappa shape index (κ1) is 22.8. The van der Waals surface area contributed by atoms with Gasteiger partial charge in [-0.2, -0.15) is 0 Å². The fourth-order valence-electron chi connectivity index (χ4n) is 3.98. The van der Waals surface area contributed by atoms with Crippen molar-refractivity contribution in [1.29, 1.82) is 0 Å². The molecule has 1 aliphatic rings. The molecule has 4 rings (SSSR count). The summed E-state index contributed by atoms with van der Waals surface area (Å²) < 4.78 is 28.5. The second-order valence-electron chi connectivity index (χ2n) is 8.33. The summed E-state index contributed by atoms with van der Waals surface area (Å²) in [6.45, 7) is 5.48. The minimum atomic E-state index is -3.85. The van der Waals surface area contributed by atoms with Crippen molar-refractivity contribution in [2.24, 2.45) is 0 Å². The van der Waals surface area contributed by atoms with Crippen molar-refractivity contribution in [3.63, 3.8) is 0 Å². The Bertz CT molecular complexity index is 1270. The van der Waals surface area contributed by atoms with E-state index in [0.717, 1.165) is 37.3 Å². The second-order valence-corrected chi connectivity index (χ2v) is 10.0. The van der Waals surface area contributed by atoms with Gasteiger partial charge in [0.05, 0.1) is 10.6 Å². The molecule has 0 saturated carbocycles. The number of aryl methyl sites for hydroxylation is 2. The number of carbonyl (C=O) groups excluding carboxylic acids is 1. The first-order chi connectivity index (χ1) is 15.8. The third kappa shape index (κ3) is 5.34. The maximum absolute atomic E-state index is 13.2. The van der Waals surface area contributed by atoms with Crippen LogP contribution in [-0.2, 0) is 10.0 Å². The molecule has 8 heteroatoms. The van der Waals surface area contributed by atoms with Crippen molar-refractivity contribution in [3.8, 4) is 0 Å². The number of pyridine rings is 1. The molecule has 0 radical (unpaired) electrons. The Morgan fingerprint density at radius 2 is 1.76 bits per heavy atom. The Morgan fingerprint density at radius 3 is 2.52 bits per heavy atom. The van der Waals surface area contributed by atoms with Crippen molar-refractivity contribution in [2.45, 2.75) is 38.0 Å². The Hall–Kier alpha value is -3.39. The Labute approximate surface area is 194 Å². The maximum Gasteiger partial charge on any atom is 0.261 e. The van der Waals surface area contributed by atoms with Crippen LogP contribution >= 0.6 is 0 Å². The standard InChI is InChI=1S/C25H28N4O3S/c1-18-8-6-9-20(16-18)28-33(31,32)21-12-11-19(2)22(17-21)25(30)27-23-10-7-13-26-24(23)29-14-4-3-5-15-29/h6-13,16-17,28H,3-5,14-15H2,1-2H3,(H,27,30). The van der Waals surface area contributed by atoms with Crippen molar-refractivity contribution in [3.05, 3.63) is 77.5 Å². The van der Waals surface area contributed by atoms with E-state index < -0.39 is 10.0 Å². The van der Waals surface area contributed by atoms with E-state index in [4.69, 9.17) is 0 Å². The number of benzene rings is 2. The summed E-state index contributed by atoms with van der Waals surface area (Å²) in [6.07, 6.45) is 5.10. The number of hydrogen-bond acceptors (Lipinski definition) is 5. The fraction of sp³-hybridized carbons (Fsp3) is 0.280. The van der Waals surface area contributed by atoms with Crippen LogP contribution in [-0.4, -0.2) is 32.4 Å². The number of sulfonamides is 1. The predicted molar refractivity (Wildman–Crippen MR) is 131 cm³/mol. The SMILES string of the molecule is Cc1cccc(NS(=O)(=O)c2ccc(C)c(C(=O)Nc3cccnc3N3CCCCC3)c2)c1. The van der Waals surface area contributed by atoms with E-state index in [9.17, 15) is 13.2 Å². The molecule has 33 heavy (non-hydrogen) atoms. The lowest BCUT2D eigenvalue weighted by atomic mass is 10.1. The van der Waals surface area contributed by atoms with E-state index in [-0.39, 0.29) is 10.8 Å². The van der Waals surface area contributed by atoms with Crippen LogP contribution in [0.25, 0.3) is 0 Å². The summed E-state index contributed by atoms with van der Waals surface area (Å²) in [4.78, 5) is 19.9. The zero-order valence-electron chi connectivity index (χ0n) is 18.8. The van der Waals surface area contributed by atoms with Crippen molar-refractivity contribution in [1.82, 2.24) is 4.98 Å². The van der Waals surface area contributed by atoms with Gasteiger partial charge in [0.1, 0.15) is 0 Å². The van der Waals surface area contributed by atoms with Crippen LogP contribution in [0.5, 0.6) is 0 Å². The summed E-state index contributed by atoms with van der Waals surface area (Å²) in [5, 5.41) is 2.94. The molecular weight excluding hydrogens is 436 g/mol. The summed E-state index contributed by atoms with van der Waals surface area (Å²) in [7, 11) is -3.85. The molecule has 1 aliphatic heterocycles. The maximum atomic E-state index is 13.2. The molecule has 0 atom stereocenters. The van der Waals surface area contributed by atoms with Gasteiger partial charge in [-0.15, -0.1) is 0 Å². The first-order valence-corrected chi connectivity index (χ1v) is 12.5. The lowest BCUT2D eigenvalue weighted by Crippen LogP contribution is -2.31. The third-order valence-electron chi connectivity index (χ3n) is 5.72. The van der Waals surface area contributed by atoms with Gasteiger partial charge in [-0.05, 0) is 80.6 Å². The molecular formula is C25H28N4O3S. The number of aromatic nitrogens is 1. The number of rotatable bonds is 6. The van der Waals surface area contributed by atoms with Crippen molar-refractivity contribution < 1.29 is 13.2 Å². The zero-order chi connectivity index (χ0) is 23.4. The molecule has 3 aromatic rings. The van der Waals surface area contributed by atoms with Gasteiger partial charge >= 0.3 is 0 Å². The first-order valence-electron chi connectivity index (χ1n) is 11.0. The summed E-state index contributed by atoms with van der Waals surface area (Å²) in [5.74, 6) is 0.374. The lowest BCUT2D eigenvalue weighted by Gasteiger charge is -2.29. The van der Waals surface area contributed by atoms with E-state index in [1.54, 1.807) is 43.5 Å². The molecule has 7 nitrogen and oxygen atoms in total. The van der Waals surface area contributed by atoms with Crippen LogP contribution in [0.4, 0.5) is 17.2 Å². The average Bonchev–Trinajstić information content (AvgIpc) is 2.80. The van der Waals surface area contributed by atoms with Gasteiger partial charge in [-0.25, -0.2) is 13.4 Å². The fourth-order valence-corrected chi connectivity index (χ4v) is 5.05. The van der Waals surface area contributed by atoms with Gasteiger partial charge in [0.25, 0.3) is 15.9 Å². The lowest BCUT2D eigenvalue weighted by molar-refractivity contribution is 0.102. The Morgan fingerprint density at radius 1 is 0.970 bits per heavy atom. The molecule has 2 N–H and O–H groups in total. The number of anilines is 3. The normalized spacial score (nSPS) is 14.1. The average molecular weight is 465 g/mol. The molecule has 2 heterocycles. The number of amides is 1. The van der Waals surface area contributed by atoms with E-state index in [2.05, 4.69) is 19.9 Å². The van der Waals surface area contributed by atoms with Crippen molar-refractivity contribution in [2.75, 3.05) is 28.0 Å². The van der Waals surface area contributed by atoms with E-state index >= 15 is 0 Å². The van der Waals surface area contributed by atoms with Crippen LogP contribution < -0.4 is 14.9 Å². The zero-order valence-corrected chi connectivity index (χ0v) is 19.7. The van der Waals surface area contributed by atoms with Gasteiger partial charge in [0.2, 0.25) is 0 Å². The van der Waals surface area contributed by atoms with Crippen molar-refractivity contribution >= 4 is 33.1 Å². The van der Waals surface area contributed by atoms with Gasteiger partial charge in [0, 0.05) is 30.5 Å². The van der Waals surface area contributed by atoms with Crippen LogP contribution in [0.15, 0.2) is 65.7 Å². The highest BCUT2D eigenvalue weighted by Crippen LogP contribution is 2.27. The van der Waals surface area contributed by atoms with E-state index in [1.807, 2.05) is 19.1 Å². The molecule has 1 saturated heterocycles. The van der Waals surface area contributed by atoms with Gasteiger partial charge in [-0.1, -0.05) is 18.2 Å². The van der Waals surface area contributed by atoms with Crippen LogP contribution in [0, 0.1) is 13.8 Å². The minimum Gasteiger partial charge on any atom is -0.355 e. The number of carbonyl (C=O) groups is 1. The Kier molecular flexibility index (Phi) is 6.65. The number of hydrogen-bond donors (Lipinski definition) is 2. The van der Waals surface area contributed by atoms with Gasteiger partial charge < -0.3 is 10.2 Å². The molecule has 0 bridgehead atoms. The van der Waals surface area contributed by atoms with Crippen LogP contribution in [0.3, 0.4) is 0 Å². The van der Waals surface area contributed by atoms with E-state index in [1.165, 1.54) is 18.6 Å². The Balaban J connectivity index is 1.59. The smallest absolute Gasteiger partial charge is 0.261 e. The largest absolute Gasteiger partial charge is 0.355 e. The van der Waals surface area contributed by atoms with Crippen LogP contribution in [0.1, 0.15) is 40.7 Å². The quantitative estimate of drug-likeness (QED) is 0.550. The molecule has 172 valence electrons. The summed E-state index contributed by atoms with van der Waals surface area (Å²) in [6, 6.07) is 15.3. The molecule has 0 unspecified atom stereocenters. The number of piperidine rings is 1. The minimum absolute atomic E-state index is 0.0298. The number of nitrogens with one attached hydrogen (secondary N) is 2.